The summed E-state index contributed by atoms with van der Waals surface area (Å²) < 4.78 is 11.0. The summed E-state index contributed by atoms with van der Waals surface area (Å²) in [5, 5.41) is 8.40. The number of carboxylic acid groups (broad SMARTS) is 1. The van der Waals surface area contributed by atoms with E-state index in [4.69, 9.17) is 14.6 Å². The van der Waals surface area contributed by atoms with Crippen molar-refractivity contribution < 1.29 is 19.4 Å². The highest BCUT2D eigenvalue weighted by Crippen LogP contribution is 2.16. The fraction of sp³-hybridized carbons (Fsp3) is 0.727. The predicted molar refractivity (Wildman–Crippen MR) is 55.5 cm³/mol. The SMILES string of the molecule is CC(C/C=C/C(=O)O)OC1CCCCO1. The molecule has 1 rings (SSSR count). The second kappa shape index (κ2) is 6.58. The summed E-state index contributed by atoms with van der Waals surface area (Å²) in [6, 6.07) is 0. The Morgan fingerprint density at radius 2 is 2.47 bits per heavy atom. The number of ether oxygens (including phenoxy) is 2. The molecule has 86 valence electrons. The Bertz CT molecular complexity index is 219. The van der Waals surface area contributed by atoms with Crippen LogP contribution in [0.2, 0.25) is 0 Å². The van der Waals surface area contributed by atoms with Crippen LogP contribution in [-0.4, -0.2) is 30.1 Å². The van der Waals surface area contributed by atoms with Crippen LogP contribution < -0.4 is 0 Å². The molecule has 1 fully saturated rings. The highest BCUT2D eigenvalue weighted by molar-refractivity contribution is 5.79. The van der Waals surface area contributed by atoms with Crippen LogP contribution in [0.3, 0.4) is 0 Å². The normalized spacial score (nSPS) is 24.2. The summed E-state index contributed by atoms with van der Waals surface area (Å²) in [6.45, 7) is 2.69. The number of carboxylic acids is 1. The van der Waals surface area contributed by atoms with Gasteiger partial charge in [-0.1, -0.05) is 6.08 Å². The average molecular weight is 214 g/mol. The van der Waals surface area contributed by atoms with Crippen LogP contribution in [0, 0.1) is 0 Å². The summed E-state index contributed by atoms with van der Waals surface area (Å²) in [5.74, 6) is -0.920. The first-order chi connectivity index (χ1) is 7.18. The maximum Gasteiger partial charge on any atom is 0.327 e. The zero-order chi connectivity index (χ0) is 11.1. The first-order valence-corrected chi connectivity index (χ1v) is 5.35. The molecular weight excluding hydrogens is 196 g/mol. The van der Waals surface area contributed by atoms with Gasteiger partial charge in [-0.3, -0.25) is 0 Å². The van der Waals surface area contributed by atoms with E-state index < -0.39 is 5.97 Å². The van der Waals surface area contributed by atoms with E-state index in [-0.39, 0.29) is 12.4 Å². The molecule has 1 aliphatic heterocycles. The fourth-order valence-corrected chi connectivity index (χ4v) is 1.49. The summed E-state index contributed by atoms with van der Waals surface area (Å²) >= 11 is 0. The third kappa shape index (κ3) is 5.54. The van der Waals surface area contributed by atoms with Crippen LogP contribution in [0.15, 0.2) is 12.2 Å². The quantitative estimate of drug-likeness (QED) is 0.711. The van der Waals surface area contributed by atoms with Crippen molar-refractivity contribution in [2.45, 2.75) is 45.0 Å². The number of hydrogen-bond acceptors (Lipinski definition) is 3. The van der Waals surface area contributed by atoms with Crippen molar-refractivity contribution in [3.05, 3.63) is 12.2 Å². The molecule has 15 heavy (non-hydrogen) atoms. The minimum absolute atomic E-state index is 0.00343. The van der Waals surface area contributed by atoms with Crippen LogP contribution in [0.25, 0.3) is 0 Å². The van der Waals surface area contributed by atoms with E-state index >= 15 is 0 Å². The minimum atomic E-state index is -0.920. The zero-order valence-corrected chi connectivity index (χ0v) is 9.02. The highest BCUT2D eigenvalue weighted by Gasteiger charge is 2.16. The van der Waals surface area contributed by atoms with Crippen molar-refractivity contribution in [3.63, 3.8) is 0 Å². The Morgan fingerprint density at radius 1 is 1.67 bits per heavy atom. The van der Waals surface area contributed by atoms with E-state index in [2.05, 4.69) is 0 Å². The van der Waals surface area contributed by atoms with Gasteiger partial charge in [0.1, 0.15) is 0 Å². The van der Waals surface area contributed by atoms with Gasteiger partial charge in [-0.15, -0.1) is 0 Å². The molecule has 1 aliphatic rings. The fourth-order valence-electron chi connectivity index (χ4n) is 1.49. The highest BCUT2D eigenvalue weighted by atomic mass is 16.7. The molecule has 0 spiro atoms. The summed E-state index contributed by atoms with van der Waals surface area (Å²) in [6.07, 6.45) is 6.43. The second-order valence-corrected chi connectivity index (χ2v) is 3.72. The van der Waals surface area contributed by atoms with Gasteiger partial charge >= 0.3 is 5.97 Å². The van der Waals surface area contributed by atoms with Crippen LogP contribution in [0.5, 0.6) is 0 Å². The van der Waals surface area contributed by atoms with Gasteiger partial charge in [0, 0.05) is 12.7 Å². The molecule has 1 heterocycles. The van der Waals surface area contributed by atoms with Gasteiger partial charge in [-0.25, -0.2) is 4.79 Å². The molecule has 0 aromatic rings. The summed E-state index contributed by atoms with van der Waals surface area (Å²) in [4.78, 5) is 10.2. The van der Waals surface area contributed by atoms with E-state index in [9.17, 15) is 4.79 Å². The van der Waals surface area contributed by atoms with Gasteiger partial charge in [0.15, 0.2) is 6.29 Å². The van der Waals surface area contributed by atoms with E-state index in [1.54, 1.807) is 6.08 Å². The molecule has 1 N–H and O–H groups in total. The standard InChI is InChI=1S/C11H18O4/c1-9(5-4-6-10(12)13)15-11-7-2-3-8-14-11/h4,6,9,11H,2-3,5,7-8H2,1H3,(H,12,13)/b6-4+. The molecule has 1 saturated heterocycles. The van der Waals surface area contributed by atoms with Gasteiger partial charge in [-0.05, 0) is 32.6 Å². The molecule has 0 aromatic carbocycles. The van der Waals surface area contributed by atoms with E-state index in [1.165, 1.54) is 0 Å². The lowest BCUT2D eigenvalue weighted by Gasteiger charge is -2.25. The number of hydrogen-bond donors (Lipinski definition) is 1. The molecule has 2 unspecified atom stereocenters. The van der Waals surface area contributed by atoms with Crippen molar-refractivity contribution in [3.8, 4) is 0 Å². The van der Waals surface area contributed by atoms with Gasteiger partial charge in [0.2, 0.25) is 0 Å². The van der Waals surface area contributed by atoms with E-state index in [0.29, 0.717) is 6.42 Å². The Labute approximate surface area is 89.9 Å². The predicted octanol–water partition coefficient (Wildman–Crippen LogP) is 1.95. The Balaban J connectivity index is 2.16. The van der Waals surface area contributed by atoms with E-state index in [1.807, 2.05) is 6.92 Å². The van der Waals surface area contributed by atoms with Crippen LogP contribution in [-0.2, 0) is 14.3 Å². The Morgan fingerprint density at radius 3 is 3.07 bits per heavy atom. The third-order valence-corrected chi connectivity index (χ3v) is 2.25. The van der Waals surface area contributed by atoms with Gasteiger partial charge in [0.25, 0.3) is 0 Å². The lowest BCUT2D eigenvalue weighted by atomic mass is 10.2. The van der Waals surface area contributed by atoms with Crippen LogP contribution in [0.4, 0.5) is 0 Å². The largest absolute Gasteiger partial charge is 0.478 e. The van der Waals surface area contributed by atoms with Crippen molar-refractivity contribution in [2.24, 2.45) is 0 Å². The van der Waals surface area contributed by atoms with Crippen molar-refractivity contribution >= 4 is 5.97 Å². The van der Waals surface area contributed by atoms with Crippen molar-refractivity contribution in [1.82, 2.24) is 0 Å². The first kappa shape index (κ1) is 12.2. The summed E-state index contributed by atoms with van der Waals surface area (Å²) in [5.41, 5.74) is 0. The number of carbonyl (C=O) groups is 1. The lowest BCUT2D eigenvalue weighted by molar-refractivity contribution is -0.183. The average Bonchev–Trinajstić information content (AvgIpc) is 2.18. The molecule has 0 bridgehead atoms. The monoisotopic (exact) mass is 214 g/mol. The molecular formula is C11H18O4. The molecule has 0 aromatic heterocycles. The molecule has 0 aliphatic carbocycles. The van der Waals surface area contributed by atoms with Crippen LogP contribution >= 0.6 is 0 Å². The van der Waals surface area contributed by atoms with Crippen molar-refractivity contribution in [2.75, 3.05) is 6.61 Å². The maximum atomic E-state index is 10.2. The Kier molecular flexibility index (Phi) is 5.36. The van der Waals surface area contributed by atoms with Crippen LogP contribution in [0.1, 0.15) is 32.6 Å². The van der Waals surface area contributed by atoms with Gasteiger partial charge < -0.3 is 14.6 Å². The first-order valence-electron chi connectivity index (χ1n) is 5.35. The molecule has 0 amide bonds. The number of aliphatic carboxylic acids is 1. The minimum Gasteiger partial charge on any atom is -0.478 e. The zero-order valence-electron chi connectivity index (χ0n) is 9.02. The maximum absolute atomic E-state index is 10.2. The molecule has 2 atom stereocenters. The van der Waals surface area contributed by atoms with E-state index in [0.717, 1.165) is 31.9 Å². The molecule has 0 radical (unpaired) electrons. The molecule has 0 saturated carbocycles. The third-order valence-electron chi connectivity index (χ3n) is 2.25. The second-order valence-electron chi connectivity index (χ2n) is 3.72. The summed E-state index contributed by atoms with van der Waals surface area (Å²) in [7, 11) is 0. The molecule has 4 heteroatoms. The smallest absolute Gasteiger partial charge is 0.327 e. The Hall–Kier alpha value is -0.870. The van der Waals surface area contributed by atoms with Crippen molar-refractivity contribution in [1.29, 1.82) is 0 Å². The number of rotatable bonds is 5. The van der Waals surface area contributed by atoms with Gasteiger partial charge in [-0.2, -0.15) is 0 Å². The lowest BCUT2D eigenvalue weighted by Crippen LogP contribution is -2.26. The topological polar surface area (TPSA) is 55.8 Å². The molecule has 4 nitrogen and oxygen atoms in total. The van der Waals surface area contributed by atoms with Gasteiger partial charge in [0.05, 0.1) is 6.10 Å².